The summed E-state index contributed by atoms with van der Waals surface area (Å²) in [6.45, 7) is 12.0. The number of hydrogen-bond donors (Lipinski definition) is 0. The number of carbonyl (C=O) groups excluding carboxylic acids is 2. The van der Waals surface area contributed by atoms with Crippen LogP contribution in [-0.2, 0) is 9.59 Å². The summed E-state index contributed by atoms with van der Waals surface area (Å²) in [6.07, 6.45) is 0.384. The first kappa shape index (κ1) is 13.2. The van der Waals surface area contributed by atoms with E-state index in [0.29, 0.717) is 12.3 Å². The molecule has 0 bridgehead atoms. The number of imide groups is 1. The molecule has 1 heterocycles. The topological polar surface area (TPSA) is 37.4 Å². The van der Waals surface area contributed by atoms with Crippen molar-refractivity contribution in [2.75, 3.05) is 0 Å². The third-order valence-corrected chi connectivity index (χ3v) is 3.54. The molecule has 2 atom stereocenters. The van der Waals surface area contributed by atoms with Crippen LogP contribution in [-0.4, -0.2) is 22.3 Å². The quantitative estimate of drug-likeness (QED) is 0.677. The molecule has 16 heavy (non-hydrogen) atoms. The number of amides is 2. The van der Waals surface area contributed by atoms with E-state index in [-0.39, 0.29) is 29.2 Å². The fraction of sp³-hybridized carbons (Fsp3) is 0.846. The molecule has 3 heteroatoms. The van der Waals surface area contributed by atoms with Crippen LogP contribution in [0.2, 0.25) is 0 Å². The number of rotatable bonds is 2. The Bertz CT molecular complexity index is 302. The smallest absolute Gasteiger partial charge is 0.233 e. The molecule has 1 aliphatic heterocycles. The van der Waals surface area contributed by atoms with Gasteiger partial charge in [-0.05, 0) is 32.6 Å². The highest BCUT2D eigenvalue weighted by atomic mass is 16.2. The standard InChI is InChI=1S/C13H23NO2/c1-8(2)9(3)10-7-11(15)14(12(10)16)13(4,5)6/h8-10H,7H2,1-6H3. The molecule has 1 aliphatic rings. The van der Waals surface area contributed by atoms with E-state index < -0.39 is 0 Å². The van der Waals surface area contributed by atoms with Gasteiger partial charge in [0.2, 0.25) is 11.8 Å². The second kappa shape index (κ2) is 4.19. The minimum atomic E-state index is -0.389. The molecule has 0 aromatic rings. The van der Waals surface area contributed by atoms with Crippen LogP contribution in [0.15, 0.2) is 0 Å². The number of likely N-dealkylation sites (tertiary alicyclic amines) is 1. The zero-order valence-electron chi connectivity index (χ0n) is 11.2. The first-order valence-electron chi connectivity index (χ1n) is 6.03. The lowest BCUT2D eigenvalue weighted by Crippen LogP contribution is -2.46. The van der Waals surface area contributed by atoms with Crippen molar-refractivity contribution in [1.82, 2.24) is 4.90 Å². The van der Waals surface area contributed by atoms with Crippen LogP contribution in [0.4, 0.5) is 0 Å². The molecule has 2 amide bonds. The maximum Gasteiger partial charge on any atom is 0.233 e. The van der Waals surface area contributed by atoms with Crippen LogP contribution >= 0.6 is 0 Å². The van der Waals surface area contributed by atoms with Gasteiger partial charge in [0.15, 0.2) is 0 Å². The molecule has 1 fully saturated rings. The summed E-state index contributed by atoms with van der Waals surface area (Å²) in [5.74, 6) is 0.575. The fourth-order valence-corrected chi connectivity index (χ4v) is 2.24. The van der Waals surface area contributed by atoms with Crippen LogP contribution in [0.1, 0.15) is 48.0 Å². The van der Waals surface area contributed by atoms with Crippen LogP contribution < -0.4 is 0 Å². The second-order valence-corrected chi connectivity index (χ2v) is 6.15. The van der Waals surface area contributed by atoms with Crippen LogP contribution in [0.25, 0.3) is 0 Å². The number of hydrogen-bond acceptors (Lipinski definition) is 2. The van der Waals surface area contributed by atoms with Gasteiger partial charge in [-0.3, -0.25) is 14.5 Å². The predicted molar refractivity (Wildman–Crippen MR) is 63.7 cm³/mol. The van der Waals surface area contributed by atoms with Gasteiger partial charge < -0.3 is 0 Å². The normalized spacial score (nSPS) is 24.4. The summed E-state index contributed by atoms with van der Waals surface area (Å²) in [4.78, 5) is 25.5. The molecule has 3 nitrogen and oxygen atoms in total. The number of nitrogens with zero attached hydrogens (tertiary/aromatic N) is 1. The highest BCUT2D eigenvalue weighted by Gasteiger charge is 2.46. The Kier molecular flexibility index (Phi) is 3.46. The number of carbonyl (C=O) groups is 2. The van der Waals surface area contributed by atoms with Crippen molar-refractivity contribution in [3.63, 3.8) is 0 Å². The summed E-state index contributed by atoms with van der Waals surface area (Å²) in [5.41, 5.74) is -0.389. The Balaban J connectivity index is 2.91. The van der Waals surface area contributed by atoms with Crippen LogP contribution in [0, 0.1) is 17.8 Å². The molecular formula is C13H23NO2. The highest BCUT2D eigenvalue weighted by Crippen LogP contribution is 2.34. The van der Waals surface area contributed by atoms with Gasteiger partial charge in [-0.15, -0.1) is 0 Å². The molecule has 0 aliphatic carbocycles. The van der Waals surface area contributed by atoms with E-state index in [9.17, 15) is 9.59 Å². The zero-order chi connectivity index (χ0) is 12.7. The van der Waals surface area contributed by atoms with Gasteiger partial charge >= 0.3 is 0 Å². The Labute approximate surface area is 98.2 Å². The lowest BCUT2D eigenvalue weighted by Gasteiger charge is -2.31. The first-order valence-corrected chi connectivity index (χ1v) is 6.03. The Morgan fingerprint density at radius 1 is 1.19 bits per heavy atom. The summed E-state index contributed by atoms with van der Waals surface area (Å²) in [5, 5.41) is 0. The van der Waals surface area contributed by atoms with Gasteiger partial charge in [-0.25, -0.2) is 0 Å². The lowest BCUT2D eigenvalue weighted by molar-refractivity contribution is -0.145. The van der Waals surface area contributed by atoms with E-state index in [4.69, 9.17) is 0 Å². The van der Waals surface area contributed by atoms with Crippen molar-refractivity contribution in [3.05, 3.63) is 0 Å². The molecule has 92 valence electrons. The van der Waals surface area contributed by atoms with Gasteiger partial charge in [-0.2, -0.15) is 0 Å². The Morgan fingerprint density at radius 3 is 2.00 bits per heavy atom. The molecule has 0 aromatic carbocycles. The Hall–Kier alpha value is -0.860. The fourth-order valence-electron chi connectivity index (χ4n) is 2.24. The third-order valence-electron chi connectivity index (χ3n) is 3.54. The SMILES string of the molecule is CC(C)C(C)C1CC(=O)N(C(C)(C)C)C1=O. The average molecular weight is 225 g/mol. The molecule has 0 saturated carbocycles. The van der Waals surface area contributed by atoms with Crippen molar-refractivity contribution in [1.29, 1.82) is 0 Å². The van der Waals surface area contributed by atoms with Crippen molar-refractivity contribution >= 4 is 11.8 Å². The van der Waals surface area contributed by atoms with E-state index in [2.05, 4.69) is 20.8 Å². The zero-order valence-corrected chi connectivity index (χ0v) is 11.2. The first-order chi connectivity index (χ1) is 7.16. The predicted octanol–water partition coefficient (Wildman–Crippen LogP) is 2.45. The Morgan fingerprint density at radius 2 is 1.69 bits per heavy atom. The minimum Gasteiger partial charge on any atom is -0.277 e. The third kappa shape index (κ3) is 2.28. The maximum absolute atomic E-state index is 12.2. The van der Waals surface area contributed by atoms with Crippen molar-refractivity contribution in [2.24, 2.45) is 17.8 Å². The molecule has 2 unspecified atom stereocenters. The van der Waals surface area contributed by atoms with Crippen LogP contribution in [0.3, 0.4) is 0 Å². The van der Waals surface area contributed by atoms with Gasteiger partial charge in [0.25, 0.3) is 0 Å². The molecular weight excluding hydrogens is 202 g/mol. The average Bonchev–Trinajstić information content (AvgIpc) is 2.38. The van der Waals surface area contributed by atoms with Gasteiger partial charge in [0.05, 0.1) is 5.92 Å². The summed E-state index contributed by atoms with van der Waals surface area (Å²) < 4.78 is 0. The van der Waals surface area contributed by atoms with Gasteiger partial charge in [0, 0.05) is 12.0 Å². The summed E-state index contributed by atoms with van der Waals surface area (Å²) >= 11 is 0. The van der Waals surface area contributed by atoms with E-state index in [1.165, 1.54) is 4.90 Å². The molecule has 1 rings (SSSR count). The van der Waals surface area contributed by atoms with E-state index in [1.54, 1.807) is 0 Å². The summed E-state index contributed by atoms with van der Waals surface area (Å²) in [7, 11) is 0. The molecule has 0 aromatic heterocycles. The van der Waals surface area contributed by atoms with Crippen molar-refractivity contribution in [3.8, 4) is 0 Å². The molecule has 1 saturated heterocycles. The minimum absolute atomic E-state index is 0.0127. The maximum atomic E-state index is 12.2. The summed E-state index contributed by atoms with van der Waals surface area (Å²) in [6, 6.07) is 0. The van der Waals surface area contributed by atoms with Gasteiger partial charge in [-0.1, -0.05) is 20.8 Å². The van der Waals surface area contributed by atoms with Crippen molar-refractivity contribution in [2.45, 2.75) is 53.5 Å². The molecule has 0 radical (unpaired) electrons. The molecule has 0 N–H and O–H groups in total. The van der Waals surface area contributed by atoms with E-state index in [1.807, 2.05) is 20.8 Å². The molecule has 0 spiro atoms. The van der Waals surface area contributed by atoms with Crippen molar-refractivity contribution < 1.29 is 9.59 Å². The highest BCUT2D eigenvalue weighted by molar-refractivity contribution is 6.04. The van der Waals surface area contributed by atoms with E-state index in [0.717, 1.165) is 0 Å². The monoisotopic (exact) mass is 225 g/mol. The van der Waals surface area contributed by atoms with Gasteiger partial charge in [0.1, 0.15) is 0 Å². The van der Waals surface area contributed by atoms with E-state index >= 15 is 0 Å². The lowest BCUT2D eigenvalue weighted by atomic mass is 9.84. The van der Waals surface area contributed by atoms with Crippen LogP contribution in [0.5, 0.6) is 0 Å². The largest absolute Gasteiger partial charge is 0.277 e. The second-order valence-electron chi connectivity index (χ2n) is 6.15.